The van der Waals surface area contributed by atoms with Crippen LogP contribution in [0.2, 0.25) is 0 Å². The van der Waals surface area contributed by atoms with E-state index in [0.29, 0.717) is 29.1 Å². The van der Waals surface area contributed by atoms with E-state index in [0.717, 1.165) is 57.6 Å². The first kappa shape index (κ1) is 31.9. The largest absolute Gasteiger partial charge is 0.462 e. The molecular weight excluding hydrogens is 615 g/mol. The normalized spacial score (nSPS) is 11.8. The molecule has 240 valence electrons. The van der Waals surface area contributed by atoms with Crippen LogP contribution < -0.4 is 4.31 Å². The summed E-state index contributed by atoms with van der Waals surface area (Å²) in [5.74, 6) is -0.991. The van der Waals surface area contributed by atoms with Crippen LogP contribution in [-0.4, -0.2) is 63.5 Å². The molecule has 0 bridgehead atoms. The number of hydrogen-bond acceptors (Lipinski definition) is 6. The number of nitrogens with zero attached hydrogens (tertiary/aromatic N) is 3. The summed E-state index contributed by atoms with van der Waals surface area (Å²) in [6.07, 6.45) is 2.56. The number of nitrogens with one attached hydrogen (secondary N) is 1. The number of aryl methyl sites for hydroxylation is 1. The third kappa shape index (κ3) is 6.34. The van der Waals surface area contributed by atoms with E-state index in [1.54, 1.807) is 31.3 Å². The quantitative estimate of drug-likeness (QED) is 0.122. The van der Waals surface area contributed by atoms with Gasteiger partial charge in [0.1, 0.15) is 11.5 Å². The molecule has 0 fully saturated rings. The van der Waals surface area contributed by atoms with E-state index in [-0.39, 0.29) is 10.9 Å². The van der Waals surface area contributed by atoms with Gasteiger partial charge in [0.25, 0.3) is 10.0 Å². The summed E-state index contributed by atoms with van der Waals surface area (Å²) in [5, 5.41) is 1.60. The summed E-state index contributed by atoms with van der Waals surface area (Å²) >= 11 is 0. The molecule has 2 heterocycles. The molecule has 0 aliphatic heterocycles. The highest BCUT2D eigenvalue weighted by Gasteiger charge is 2.25. The minimum atomic E-state index is -4.06. The van der Waals surface area contributed by atoms with Crippen molar-refractivity contribution < 1.29 is 22.3 Å². The summed E-state index contributed by atoms with van der Waals surface area (Å²) < 4.78 is 48.0. The number of halogens is 1. The van der Waals surface area contributed by atoms with Gasteiger partial charge in [-0.3, -0.25) is 4.31 Å². The molecule has 1 N–H and O–H groups in total. The van der Waals surface area contributed by atoms with Gasteiger partial charge in [-0.25, -0.2) is 22.6 Å². The molecule has 0 aliphatic rings. The minimum Gasteiger partial charge on any atom is -0.462 e. The number of ether oxygens (including phenoxy) is 1. The Bertz CT molecular complexity index is 2200. The number of sulfonamides is 1. The molecule has 6 rings (SSSR count). The number of fused-ring (bicyclic) bond motifs is 3. The lowest BCUT2D eigenvalue weighted by Crippen LogP contribution is -2.27. The van der Waals surface area contributed by atoms with Crippen molar-refractivity contribution >= 4 is 43.6 Å². The van der Waals surface area contributed by atoms with Gasteiger partial charge in [0.2, 0.25) is 0 Å². The Morgan fingerprint density at radius 1 is 0.915 bits per heavy atom. The van der Waals surface area contributed by atoms with Crippen LogP contribution in [0, 0.1) is 12.7 Å². The summed E-state index contributed by atoms with van der Waals surface area (Å²) in [5.41, 5.74) is 6.31. The van der Waals surface area contributed by atoms with Crippen molar-refractivity contribution in [2.24, 2.45) is 0 Å². The Balaban J connectivity index is 1.44. The molecule has 0 saturated carbocycles. The number of anilines is 1. The van der Waals surface area contributed by atoms with Gasteiger partial charge in [-0.1, -0.05) is 48.5 Å². The average molecular weight is 651 g/mol. The molecule has 0 radical (unpaired) electrons. The van der Waals surface area contributed by atoms with E-state index in [4.69, 9.17) is 9.72 Å². The fourth-order valence-corrected chi connectivity index (χ4v) is 7.14. The highest BCUT2D eigenvalue weighted by atomic mass is 32.2. The third-order valence-electron chi connectivity index (χ3n) is 8.23. The number of aromatic amines is 1. The molecule has 6 aromatic rings. The van der Waals surface area contributed by atoms with Crippen LogP contribution in [0.5, 0.6) is 0 Å². The monoisotopic (exact) mass is 650 g/mol. The molecule has 8 nitrogen and oxygen atoms in total. The lowest BCUT2D eigenvalue weighted by atomic mass is 9.92. The van der Waals surface area contributed by atoms with Crippen LogP contribution in [0.25, 0.3) is 44.2 Å². The zero-order valence-electron chi connectivity index (χ0n) is 26.6. The van der Waals surface area contributed by atoms with Crippen LogP contribution >= 0.6 is 0 Å². The van der Waals surface area contributed by atoms with Crippen molar-refractivity contribution in [3.63, 3.8) is 0 Å². The molecule has 0 unspecified atom stereocenters. The van der Waals surface area contributed by atoms with Crippen LogP contribution in [0.3, 0.4) is 0 Å². The number of carbonyl (C=O) groups excluding carboxylic acids is 1. The standard InChI is InChI=1S/C37H35FN4O4S/c1-24-11-16-28(38)21-33(24)47(44,45)42(4)29-17-18-32-30(22-29)35-34(26-9-6-5-7-10-26)31(23-39-36(35)40-32)25-12-14-27(15-13-25)37(43)46-20-8-19-41(2)3/h5-7,9-18,21-23H,8,19-20H2,1-4H3,(H,39,40). The highest BCUT2D eigenvalue weighted by molar-refractivity contribution is 7.92. The zero-order chi connectivity index (χ0) is 33.3. The van der Waals surface area contributed by atoms with E-state index in [1.165, 1.54) is 23.5 Å². The fraction of sp³-hybridized carbons (Fsp3) is 0.189. The van der Waals surface area contributed by atoms with E-state index >= 15 is 0 Å². The van der Waals surface area contributed by atoms with Crippen molar-refractivity contribution in [1.29, 1.82) is 0 Å². The summed E-state index contributed by atoms with van der Waals surface area (Å²) in [4.78, 5) is 22.8. The first-order valence-electron chi connectivity index (χ1n) is 15.2. The maximum atomic E-state index is 14.1. The number of esters is 1. The topological polar surface area (TPSA) is 95.6 Å². The predicted octanol–water partition coefficient (Wildman–Crippen LogP) is 7.43. The van der Waals surface area contributed by atoms with Gasteiger partial charge in [-0.15, -0.1) is 0 Å². The zero-order valence-corrected chi connectivity index (χ0v) is 27.4. The second-order valence-corrected chi connectivity index (χ2v) is 13.7. The van der Waals surface area contributed by atoms with Crippen LogP contribution in [0.1, 0.15) is 22.3 Å². The van der Waals surface area contributed by atoms with Crippen LogP contribution in [0.15, 0.2) is 102 Å². The molecule has 0 saturated heterocycles. The SMILES string of the molecule is Cc1ccc(F)cc1S(=O)(=O)N(C)c1ccc2[nH]c3ncc(-c4ccc(C(=O)OCCCN(C)C)cc4)c(-c4ccccc4)c3c2c1. The Morgan fingerprint density at radius 3 is 2.38 bits per heavy atom. The second-order valence-electron chi connectivity index (χ2n) is 11.7. The molecule has 10 heteroatoms. The molecule has 4 aromatic carbocycles. The Labute approximate surface area is 273 Å². The predicted molar refractivity (Wildman–Crippen MR) is 185 cm³/mol. The van der Waals surface area contributed by atoms with Gasteiger partial charge in [-0.2, -0.15) is 0 Å². The molecular formula is C37H35FN4O4S. The third-order valence-corrected chi connectivity index (χ3v) is 10.2. The van der Waals surface area contributed by atoms with Crippen molar-refractivity contribution in [2.75, 3.05) is 38.6 Å². The smallest absolute Gasteiger partial charge is 0.338 e. The molecule has 0 spiro atoms. The molecule has 47 heavy (non-hydrogen) atoms. The summed E-state index contributed by atoms with van der Waals surface area (Å²) in [7, 11) is 1.36. The molecule has 2 aromatic heterocycles. The number of carbonyl (C=O) groups is 1. The number of benzene rings is 4. The van der Waals surface area contributed by atoms with Gasteiger partial charge in [0.05, 0.1) is 22.8 Å². The van der Waals surface area contributed by atoms with Gasteiger partial charge >= 0.3 is 5.97 Å². The first-order chi connectivity index (χ1) is 22.5. The number of H-pyrrole nitrogens is 1. The molecule has 0 atom stereocenters. The number of aromatic nitrogens is 2. The van der Waals surface area contributed by atoms with Crippen LogP contribution in [-0.2, 0) is 14.8 Å². The van der Waals surface area contributed by atoms with E-state index < -0.39 is 15.8 Å². The molecule has 0 amide bonds. The van der Waals surface area contributed by atoms with Crippen molar-refractivity contribution in [3.05, 3.63) is 114 Å². The minimum absolute atomic E-state index is 0.0890. The first-order valence-corrected chi connectivity index (χ1v) is 16.7. The maximum absolute atomic E-state index is 14.1. The van der Waals surface area contributed by atoms with Crippen molar-refractivity contribution in [3.8, 4) is 22.3 Å². The number of rotatable bonds is 10. The summed E-state index contributed by atoms with van der Waals surface area (Å²) in [6.45, 7) is 2.82. The van der Waals surface area contributed by atoms with Crippen LogP contribution in [0.4, 0.5) is 10.1 Å². The van der Waals surface area contributed by atoms with E-state index in [9.17, 15) is 17.6 Å². The molecule has 0 aliphatic carbocycles. The van der Waals surface area contributed by atoms with E-state index in [1.807, 2.05) is 73.6 Å². The number of hydrogen-bond donors (Lipinski definition) is 1. The Hall–Kier alpha value is -5.06. The highest BCUT2D eigenvalue weighted by Crippen LogP contribution is 2.41. The average Bonchev–Trinajstić information content (AvgIpc) is 3.45. The lowest BCUT2D eigenvalue weighted by molar-refractivity contribution is 0.0493. The Kier molecular flexibility index (Phi) is 8.81. The van der Waals surface area contributed by atoms with Crippen molar-refractivity contribution in [2.45, 2.75) is 18.2 Å². The van der Waals surface area contributed by atoms with Gasteiger partial charge in [0, 0.05) is 47.2 Å². The Morgan fingerprint density at radius 2 is 1.66 bits per heavy atom. The fourth-order valence-electron chi connectivity index (χ4n) is 5.72. The second kappa shape index (κ2) is 13.0. The van der Waals surface area contributed by atoms with Gasteiger partial charge < -0.3 is 14.6 Å². The van der Waals surface area contributed by atoms with Crippen molar-refractivity contribution in [1.82, 2.24) is 14.9 Å². The van der Waals surface area contributed by atoms with Gasteiger partial charge in [0.15, 0.2) is 0 Å². The van der Waals surface area contributed by atoms with E-state index in [2.05, 4.69) is 4.98 Å². The van der Waals surface area contributed by atoms with Gasteiger partial charge in [-0.05, 0) is 86.6 Å². The maximum Gasteiger partial charge on any atom is 0.338 e. The number of pyridine rings is 1. The lowest BCUT2D eigenvalue weighted by Gasteiger charge is -2.21. The summed E-state index contributed by atoms with van der Waals surface area (Å²) in [6, 6.07) is 26.3.